The minimum Gasteiger partial charge on any atom is -0.397 e. The van der Waals surface area contributed by atoms with Crippen LogP contribution in [0, 0.1) is 6.92 Å². The van der Waals surface area contributed by atoms with Crippen molar-refractivity contribution in [2.24, 2.45) is 0 Å². The molecular formula is C14H23BrN4. The van der Waals surface area contributed by atoms with Crippen LogP contribution in [0.4, 0.5) is 11.5 Å². The van der Waals surface area contributed by atoms with Crippen LogP contribution in [-0.4, -0.2) is 42.6 Å². The molecule has 1 atom stereocenters. The minimum atomic E-state index is 0.513. The Kier molecular flexibility index (Phi) is 4.68. The maximum Gasteiger partial charge on any atom is 0.143 e. The van der Waals surface area contributed by atoms with Gasteiger partial charge in [0.05, 0.1) is 16.4 Å². The molecule has 1 fully saturated rings. The van der Waals surface area contributed by atoms with Gasteiger partial charge < -0.3 is 15.5 Å². The van der Waals surface area contributed by atoms with Crippen LogP contribution in [0.2, 0.25) is 0 Å². The molecule has 2 N–H and O–H groups in total. The molecule has 1 aromatic heterocycles. The molecule has 0 amide bonds. The standard InChI is InChI=1S/C14H23BrN4/c1-4-11-9-18(3)6-5-7-19(11)14-13(15)10(2)12(16)8-17-14/h8,11H,4-7,9,16H2,1-3H3. The summed E-state index contributed by atoms with van der Waals surface area (Å²) in [7, 11) is 2.20. The molecule has 2 heterocycles. The zero-order chi connectivity index (χ0) is 14.0. The van der Waals surface area contributed by atoms with Crippen LogP contribution < -0.4 is 10.6 Å². The zero-order valence-electron chi connectivity index (χ0n) is 12.0. The average Bonchev–Trinajstić information content (AvgIpc) is 2.58. The second kappa shape index (κ2) is 6.09. The highest BCUT2D eigenvalue weighted by molar-refractivity contribution is 9.10. The number of nitrogens with two attached hydrogens (primary N) is 1. The van der Waals surface area contributed by atoms with Crippen molar-refractivity contribution < 1.29 is 0 Å². The maximum atomic E-state index is 5.92. The maximum absolute atomic E-state index is 5.92. The summed E-state index contributed by atoms with van der Waals surface area (Å²) in [4.78, 5) is 9.40. The van der Waals surface area contributed by atoms with E-state index in [0.717, 1.165) is 47.6 Å². The predicted molar refractivity (Wildman–Crippen MR) is 84.6 cm³/mol. The molecule has 5 heteroatoms. The highest BCUT2D eigenvalue weighted by atomic mass is 79.9. The van der Waals surface area contributed by atoms with Crippen LogP contribution in [0.1, 0.15) is 25.3 Å². The monoisotopic (exact) mass is 326 g/mol. The van der Waals surface area contributed by atoms with Crippen molar-refractivity contribution in [1.82, 2.24) is 9.88 Å². The predicted octanol–water partition coefficient (Wildman–Crippen LogP) is 2.66. The molecule has 1 saturated heterocycles. The van der Waals surface area contributed by atoms with Gasteiger partial charge in [0.2, 0.25) is 0 Å². The number of anilines is 2. The van der Waals surface area contributed by atoms with E-state index in [0.29, 0.717) is 6.04 Å². The number of aromatic nitrogens is 1. The minimum absolute atomic E-state index is 0.513. The second-order valence-corrected chi connectivity index (χ2v) is 6.14. The fourth-order valence-corrected chi connectivity index (χ4v) is 3.21. The summed E-state index contributed by atoms with van der Waals surface area (Å²) in [6.07, 6.45) is 4.07. The number of pyridine rings is 1. The second-order valence-electron chi connectivity index (χ2n) is 5.35. The number of nitrogens with zero attached hydrogens (tertiary/aromatic N) is 3. The summed E-state index contributed by atoms with van der Waals surface area (Å²) in [6.45, 7) is 7.58. The molecule has 19 heavy (non-hydrogen) atoms. The third-order valence-electron chi connectivity index (χ3n) is 3.93. The molecule has 1 aliphatic rings. The van der Waals surface area contributed by atoms with Gasteiger partial charge in [0.25, 0.3) is 0 Å². The Hall–Kier alpha value is -0.810. The lowest BCUT2D eigenvalue weighted by Gasteiger charge is -2.32. The third kappa shape index (κ3) is 3.03. The summed E-state index contributed by atoms with van der Waals surface area (Å²) >= 11 is 3.67. The first-order chi connectivity index (χ1) is 9.04. The Labute approximate surface area is 124 Å². The Morgan fingerprint density at radius 1 is 1.47 bits per heavy atom. The van der Waals surface area contributed by atoms with Gasteiger partial charge in [0, 0.05) is 19.1 Å². The number of halogens is 1. The largest absolute Gasteiger partial charge is 0.397 e. The van der Waals surface area contributed by atoms with E-state index in [1.165, 1.54) is 6.42 Å². The first-order valence-corrected chi connectivity index (χ1v) is 7.69. The average molecular weight is 327 g/mol. The topological polar surface area (TPSA) is 45.4 Å². The van der Waals surface area contributed by atoms with Gasteiger partial charge in [-0.1, -0.05) is 6.92 Å². The molecule has 0 aliphatic carbocycles. The SMILES string of the molecule is CCC1CN(C)CCCN1c1ncc(N)c(C)c1Br. The van der Waals surface area contributed by atoms with Crippen LogP contribution in [0.25, 0.3) is 0 Å². The van der Waals surface area contributed by atoms with Crippen molar-refractivity contribution in [3.8, 4) is 0 Å². The van der Waals surface area contributed by atoms with Crippen LogP contribution in [-0.2, 0) is 0 Å². The van der Waals surface area contributed by atoms with Gasteiger partial charge in [0.1, 0.15) is 5.82 Å². The molecule has 0 radical (unpaired) electrons. The molecule has 0 aromatic carbocycles. The number of likely N-dealkylation sites (N-methyl/N-ethyl adjacent to an activating group) is 1. The Morgan fingerprint density at radius 2 is 2.21 bits per heavy atom. The molecule has 0 spiro atoms. The Bertz CT molecular complexity index is 449. The number of nitrogen functional groups attached to an aromatic ring is 1. The molecule has 106 valence electrons. The van der Waals surface area contributed by atoms with Gasteiger partial charge in [-0.15, -0.1) is 0 Å². The lowest BCUT2D eigenvalue weighted by molar-refractivity contribution is 0.327. The van der Waals surface area contributed by atoms with Gasteiger partial charge in [0.15, 0.2) is 0 Å². The third-order valence-corrected chi connectivity index (χ3v) is 4.88. The van der Waals surface area contributed by atoms with E-state index in [9.17, 15) is 0 Å². The summed E-state index contributed by atoms with van der Waals surface area (Å²) in [5.74, 6) is 1.04. The van der Waals surface area contributed by atoms with Gasteiger partial charge in [-0.05, 0) is 54.9 Å². The summed E-state index contributed by atoms with van der Waals surface area (Å²) in [6, 6.07) is 0.513. The lowest BCUT2D eigenvalue weighted by Crippen LogP contribution is -2.40. The molecule has 0 bridgehead atoms. The van der Waals surface area contributed by atoms with Crippen molar-refractivity contribution in [3.63, 3.8) is 0 Å². The van der Waals surface area contributed by atoms with E-state index >= 15 is 0 Å². The first kappa shape index (κ1) is 14.6. The van der Waals surface area contributed by atoms with Gasteiger partial charge >= 0.3 is 0 Å². The van der Waals surface area contributed by atoms with Gasteiger partial charge in [-0.2, -0.15) is 0 Å². The molecule has 2 rings (SSSR count). The molecular weight excluding hydrogens is 304 g/mol. The van der Waals surface area contributed by atoms with Crippen LogP contribution in [0.3, 0.4) is 0 Å². The molecule has 1 aromatic rings. The zero-order valence-corrected chi connectivity index (χ0v) is 13.6. The van der Waals surface area contributed by atoms with E-state index in [-0.39, 0.29) is 0 Å². The van der Waals surface area contributed by atoms with E-state index in [2.05, 4.69) is 44.7 Å². The molecule has 0 saturated carbocycles. The van der Waals surface area contributed by atoms with Crippen molar-refractivity contribution >= 4 is 27.4 Å². The van der Waals surface area contributed by atoms with Crippen LogP contribution in [0.15, 0.2) is 10.7 Å². The fraction of sp³-hybridized carbons (Fsp3) is 0.643. The quantitative estimate of drug-likeness (QED) is 0.907. The lowest BCUT2D eigenvalue weighted by atomic mass is 10.1. The van der Waals surface area contributed by atoms with E-state index < -0.39 is 0 Å². The number of hydrogen-bond acceptors (Lipinski definition) is 4. The highest BCUT2D eigenvalue weighted by Gasteiger charge is 2.25. The smallest absolute Gasteiger partial charge is 0.143 e. The first-order valence-electron chi connectivity index (χ1n) is 6.90. The molecule has 1 unspecified atom stereocenters. The van der Waals surface area contributed by atoms with Crippen molar-refractivity contribution in [1.29, 1.82) is 0 Å². The Balaban J connectivity index is 2.35. The van der Waals surface area contributed by atoms with E-state index in [4.69, 9.17) is 5.73 Å². The highest BCUT2D eigenvalue weighted by Crippen LogP contribution is 2.32. The van der Waals surface area contributed by atoms with E-state index in [1.54, 1.807) is 6.20 Å². The van der Waals surface area contributed by atoms with Gasteiger partial charge in [-0.3, -0.25) is 0 Å². The van der Waals surface area contributed by atoms with Crippen LogP contribution in [0.5, 0.6) is 0 Å². The summed E-state index contributed by atoms with van der Waals surface area (Å²) in [5.41, 5.74) is 7.75. The van der Waals surface area contributed by atoms with Crippen molar-refractivity contribution in [2.75, 3.05) is 37.3 Å². The van der Waals surface area contributed by atoms with E-state index in [1.807, 2.05) is 6.92 Å². The summed E-state index contributed by atoms with van der Waals surface area (Å²) < 4.78 is 1.04. The Morgan fingerprint density at radius 3 is 2.89 bits per heavy atom. The number of rotatable bonds is 2. The fourth-order valence-electron chi connectivity index (χ4n) is 2.65. The number of hydrogen-bond donors (Lipinski definition) is 1. The molecule has 1 aliphatic heterocycles. The normalized spacial score (nSPS) is 21.5. The van der Waals surface area contributed by atoms with Crippen molar-refractivity contribution in [2.45, 2.75) is 32.7 Å². The van der Waals surface area contributed by atoms with Gasteiger partial charge in [-0.25, -0.2) is 4.98 Å². The van der Waals surface area contributed by atoms with Crippen molar-refractivity contribution in [3.05, 3.63) is 16.2 Å². The molecule has 4 nitrogen and oxygen atoms in total. The summed E-state index contributed by atoms with van der Waals surface area (Å²) in [5, 5.41) is 0. The van der Waals surface area contributed by atoms with Crippen LogP contribution >= 0.6 is 15.9 Å².